The molecule has 0 aliphatic rings. The van der Waals surface area contributed by atoms with Gasteiger partial charge in [-0.25, -0.2) is 0 Å². The lowest BCUT2D eigenvalue weighted by atomic mass is 10.1. The first-order chi connectivity index (χ1) is 11.8. The van der Waals surface area contributed by atoms with Crippen LogP contribution in [0.3, 0.4) is 0 Å². The molecule has 0 rings (SSSR count). The van der Waals surface area contributed by atoms with Gasteiger partial charge in [0.15, 0.2) is 0 Å². The Morgan fingerprint density at radius 1 is 0.520 bits per heavy atom. The van der Waals surface area contributed by atoms with Crippen molar-refractivity contribution in [1.82, 2.24) is 0 Å². The number of hydrogen-bond donors (Lipinski definition) is 0. The van der Waals surface area contributed by atoms with E-state index in [0.717, 1.165) is 12.5 Å². The standard InChI is InChI=1S/C21H46O3Si/c1-8-9-10-11-12-13-14-15-16-17-18-25(22-19(2)3,23-20(4)5)24-21(6)7/h19-21H,8-18H2,1-7H3. The molecule has 0 heterocycles. The van der Waals surface area contributed by atoms with Crippen LogP contribution in [0, 0.1) is 0 Å². The molecule has 0 bridgehead atoms. The minimum atomic E-state index is -2.58. The minimum absolute atomic E-state index is 0.146. The van der Waals surface area contributed by atoms with Crippen molar-refractivity contribution in [2.45, 2.75) is 137 Å². The quantitative estimate of drug-likeness (QED) is 0.200. The fraction of sp³-hybridized carbons (Fsp3) is 1.00. The van der Waals surface area contributed by atoms with Gasteiger partial charge in [0.05, 0.1) is 0 Å². The lowest BCUT2D eigenvalue weighted by Gasteiger charge is -2.34. The summed E-state index contributed by atoms with van der Waals surface area (Å²) in [5, 5.41) is 0. The molecule has 0 aromatic heterocycles. The smallest absolute Gasteiger partial charge is 0.371 e. The van der Waals surface area contributed by atoms with Crippen LogP contribution in [0.25, 0.3) is 0 Å². The topological polar surface area (TPSA) is 27.7 Å². The highest BCUT2D eigenvalue weighted by Gasteiger charge is 2.43. The van der Waals surface area contributed by atoms with Gasteiger partial charge in [-0.05, 0) is 48.0 Å². The van der Waals surface area contributed by atoms with Gasteiger partial charge in [0.25, 0.3) is 0 Å². The lowest BCUT2D eigenvalue weighted by molar-refractivity contribution is 0.00278. The molecule has 0 radical (unpaired) electrons. The maximum Gasteiger partial charge on any atom is 0.501 e. The SMILES string of the molecule is CCCCCCCCCCCC[Si](OC(C)C)(OC(C)C)OC(C)C. The van der Waals surface area contributed by atoms with Gasteiger partial charge in [0, 0.05) is 24.4 Å². The zero-order valence-corrected chi connectivity index (χ0v) is 19.2. The highest BCUT2D eigenvalue weighted by Crippen LogP contribution is 2.25. The van der Waals surface area contributed by atoms with Gasteiger partial charge < -0.3 is 13.3 Å². The molecule has 25 heavy (non-hydrogen) atoms. The molecule has 0 spiro atoms. The van der Waals surface area contributed by atoms with Crippen LogP contribution >= 0.6 is 0 Å². The summed E-state index contributed by atoms with van der Waals surface area (Å²) in [6, 6.07) is 0.942. The summed E-state index contributed by atoms with van der Waals surface area (Å²) in [5.74, 6) is 0. The Kier molecular flexibility index (Phi) is 15.2. The molecule has 0 aliphatic heterocycles. The van der Waals surface area contributed by atoms with E-state index in [0.29, 0.717) is 0 Å². The van der Waals surface area contributed by atoms with E-state index in [2.05, 4.69) is 48.5 Å². The van der Waals surface area contributed by atoms with Gasteiger partial charge >= 0.3 is 8.80 Å². The second-order valence-corrected chi connectivity index (χ2v) is 10.7. The molecular formula is C21H46O3Si. The van der Waals surface area contributed by atoms with E-state index in [1.54, 1.807) is 0 Å². The van der Waals surface area contributed by atoms with Gasteiger partial charge in [-0.2, -0.15) is 0 Å². The monoisotopic (exact) mass is 374 g/mol. The average Bonchev–Trinajstić information content (AvgIpc) is 2.47. The van der Waals surface area contributed by atoms with Crippen molar-refractivity contribution in [3.63, 3.8) is 0 Å². The minimum Gasteiger partial charge on any atom is -0.371 e. The van der Waals surface area contributed by atoms with E-state index in [9.17, 15) is 0 Å². The fourth-order valence-electron chi connectivity index (χ4n) is 3.17. The van der Waals surface area contributed by atoms with E-state index in [1.165, 1.54) is 57.8 Å². The lowest BCUT2D eigenvalue weighted by Crippen LogP contribution is -2.50. The van der Waals surface area contributed by atoms with Crippen molar-refractivity contribution in [1.29, 1.82) is 0 Å². The molecule has 0 saturated heterocycles. The molecular weight excluding hydrogens is 328 g/mol. The van der Waals surface area contributed by atoms with Crippen molar-refractivity contribution in [3.8, 4) is 0 Å². The predicted molar refractivity (Wildman–Crippen MR) is 111 cm³/mol. The zero-order valence-electron chi connectivity index (χ0n) is 18.2. The largest absolute Gasteiger partial charge is 0.501 e. The van der Waals surface area contributed by atoms with Gasteiger partial charge in [0.1, 0.15) is 0 Å². The van der Waals surface area contributed by atoms with E-state index in [1.807, 2.05) is 0 Å². The van der Waals surface area contributed by atoms with E-state index in [4.69, 9.17) is 13.3 Å². The third kappa shape index (κ3) is 14.9. The van der Waals surface area contributed by atoms with Crippen LogP contribution in [0.1, 0.15) is 113 Å². The van der Waals surface area contributed by atoms with Crippen LogP contribution < -0.4 is 0 Å². The van der Waals surface area contributed by atoms with E-state index in [-0.39, 0.29) is 18.3 Å². The molecule has 0 aliphatic carbocycles. The van der Waals surface area contributed by atoms with Crippen LogP contribution in [0.5, 0.6) is 0 Å². The predicted octanol–water partition coefficient (Wildman–Crippen LogP) is 7.12. The summed E-state index contributed by atoms with van der Waals surface area (Å²) < 4.78 is 18.7. The number of unbranched alkanes of at least 4 members (excludes halogenated alkanes) is 9. The van der Waals surface area contributed by atoms with Crippen LogP contribution in [-0.4, -0.2) is 27.1 Å². The average molecular weight is 375 g/mol. The molecule has 0 aromatic carbocycles. The third-order valence-electron chi connectivity index (χ3n) is 4.08. The first-order valence-corrected chi connectivity index (χ1v) is 12.8. The van der Waals surface area contributed by atoms with Gasteiger partial charge in [-0.3, -0.25) is 0 Å². The summed E-state index contributed by atoms with van der Waals surface area (Å²) in [5.41, 5.74) is 0. The van der Waals surface area contributed by atoms with Crippen molar-refractivity contribution in [3.05, 3.63) is 0 Å². The second kappa shape index (κ2) is 15.2. The fourth-order valence-corrected chi connectivity index (χ4v) is 6.52. The van der Waals surface area contributed by atoms with Crippen molar-refractivity contribution < 1.29 is 13.3 Å². The van der Waals surface area contributed by atoms with Crippen molar-refractivity contribution >= 4 is 8.80 Å². The highest BCUT2D eigenvalue weighted by atomic mass is 28.4. The Hall–Kier alpha value is 0.0969. The Balaban J connectivity index is 4.15. The normalized spacial score (nSPS) is 12.7. The Bertz CT molecular complexity index is 266. The summed E-state index contributed by atoms with van der Waals surface area (Å²) in [6.45, 7) is 14.7. The van der Waals surface area contributed by atoms with Crippen molar-refractivity contribution in [2.24, 2.45) is 0 Å². The van der Waals surface area contributed by atoms with Crippen LogP contribution in [0.4, 0.5) is 0 Å². The van der Waals surface area contributed by atoms with Gasteiger partial charge in [-0.1, -0.05) is 64.7 Å². The summed E-state index contributed by atoms with van der Waals surface area (Å²) >= 11 is 0. The molecule has 3 nitrogen and oxygen atoms in total. The van der Waals surface area contributed by atoms with E-state index < -0.39 is 8.80 Å². The maximum atomic E-state index is 6.24. The summed E-state index contributed by atoms with van der Waals surface area (Å²) in [7, 11) is -2.58. The van der Waals surface area contributed by atoms with Crippen LogP contribution in [0.15, 0.2) is 0 Å². The Labute approximate surface area is 159 Å². The molecule has 0 fully saturated rings. The number of rotatable bonds is 17. The molecule has 0 aromatic rings. The molecule has 0 saturated carbocycles. The summed E-state index contributed by atoms with van der Waals surface area (Å²) in [6.07, 6.45) is 13.9. The molecule has 0 amide bonds. The number of hydrogen-bond acceptors (Lipinski definition) is 3. The van der Waals surface area contributed by atoms with Crippen LogP contribution in [-0.2, 0) is 13.3 Å². The van der Waals surface area contributed by atoms with Gasteiger partial charge in [-0.15, -0.1) is 0 Å². The first kappa shape index (κ1) is 25.1. The highest BCUT2D eigenvalue weighted by molar-refractivity contribution is 6.60. The Morgan fingerprint density at radius 3 is 1.16 bits per heavy atom. The van der Waals surface area contributed by atoms with Crippen LogP contribution in [0.2, 0.25) is 6.04 Å². The zero-order chi connectivity index (χ0) is 19.1. The molecule has 0 N–H and O–H groups in total. The second-order valence-electron chi connectivity index (χ2n) is 8.11. The maximum absolute atomic E-state index is 6.24. The molecule has 0 unspecified atom stereocenters. The summed E-state index contributed by atoms with van der Waals surface area (Å²) in [4.78, 5) is 0. The first-order valence-electron chi connectivity index (χ1n) is 10.8. The molecule has 4 heteroatoms. The van der Waals surface area contributed by atoms with Crippen molar-refractivity contribution in [2.75, 3.05) is 0 Å². The third-order valence-corrected chi connectivity index (χ3v) is 7.54. The Morgan fingerprint density at radius 2 is 0.840 bits per heavy atom. The van der Waals surface area contributed by atoms with Gasteiger partial charge in [0.2, 0.25) is 0 Å². The van der Waals surface area contributed by atoms with E-state index >= 15 is 0 Å². The molecule has 152 valence electrons. The molecule has 0 atom stereocenters.